The van der Waals surface area contributed by atoms with Gasteiger partial charge in [-0.25, -0.2) is 0 Å². The average Bonchev–Trinajstić information content (AvgIpc) is 3.25. The van der Waals surface area contributed by atoms with E-state index in [-0.39, 0.29) is 23.1 Å². The topological polar surface area (TPSA) is 96.3 Å². The van der Waals surface area contributed by atoms with Crippen molar-refractivity contribution in [3.8, 4) is 6.07 Å². The highest BCUT2D eigenvalue weighted by Crippen LogP contribution is 2.61. The molecule has 0 aromatic heterocycles. The first-order chi connectivity index (χ1) is 15.3. The Bertz CT molecular complexity index is 1160. The number of fused-ring (bicyclic) bond motifs is 2. The van der Waals surface area contributed by atoms with Crippen molar-refractivity contribution in [3.05, 3.63) is 70.3 Å². The summed E-state index contributed by atoms with van der Waals surface area (Å²) in [7, 11) is 0. The Balaban J connectivity index is 1.92. The number of benzene rings is 2. The van der Waals surface area contributed by atoms with Crippen molar-refractivity contribution in [1.29, 1.82) is 5.26 Å². The van der Waals surface area contributed by atoms with Crippen molar-refractivity contribution in [1.82, 2.24) is 0 Å². The number of nitrogens with zero attached hydrogens (tertiary/aromatic N) is 1. The normalized spacial score (nSPS) is 29.2. The summed E-state index contributed by atoms with van der Waals surface area (Å²) in [6.45, 7) is 0. The number of ether oxygens (including phenoxy) is 1. The number of primary amides is 1. The van der Waals surface area contributed by atoms with Crippen molar-refractivity contribution in [2.24, 2.45) is 11.7 Å². The Kier molecular flexibility index (Phi) is 5.22. The molecule has 4 rings (SSSR count). The van der Waals surface area contributed by atoms with Gasteiger partial charge in [0.15, 0.2) is 0 Å². The van der Waals surface area contributed by atoms with E-state index in [4.69, 9.17) is 10.5 Å². The number of alkyl halides is 6. The minimum Gasteiger partial charge on any atom is -0.390 e. The number of aliphatic hydroxyl groups excluding tert-OH is 1. The molecule has 0 saturated carbocycles. The van der Waals surface area contributed by atoms with Crippen LogP contribution in [0.3, 0.4) is 0 Å². The average molecular weight is 470 g/mol. The van der Waals surface area contributed by atoms with Crippen molar-refractivity contribution < 1.29 is 41.0 Å². The number of halogens is 6. The van der Waals surface area contributed by atoms with Gasteiger partial charge in [0, 0.05) is 17.9 Å². The standard InChI is InChI=1S/C22H16F6N2O3/c23-21(24,25)12-3-1-2-10(6-12)16-17(19(30)32)20(8-15(31)18(16)33-20)14-7-13(22(26,27)28)5-4-11(14)9-29/h1-7,15-18,31H,8H2,(H2,30,32). The Hall–Kier alpha value is -3.10. The molecule has 2 aliphatic heterocycles. The molecule has 2 aliphatic rings. The summed E-state index contributed by atoms with van der Waals surface area (Å²) in [5.74, 6) is -3.63. The lowest BCUT2D eigenvalue weighted by atomic mass is 9.64. The highest BCUT2D eigenvalue weighted by atomic mass is 19.4. The SMILES string of the molecule is N#Cc1ccc(C(F)(F)F)cc1C12CC(O)C(O1)C(c1cccc(C(F)(F)F)c1)C2C(N)=O. The molecular formula is C22H16F6N2O3. The first-order valence-electron chi connectivity index (χ1n) is 9.74. The van der Waals surface area contributed by atoms with E-state index in [1.807, 2.05) is 0 Å². The van der Waals surface area contributed by atoms with Gasteiger partial charge in [-0.05, 0) is 29.8 Å². The molecule has 5 unspecified atom stereocenters. The monoisotopic (exact) mass is 470 g/mol. The summed E-state index contributed by atoms with van der Waals surface area (Å²) in [6.07, 6.45) is -12.4. The van der Waals surface area contributed by atoms with E-state index in [1.165, 1.54) is 6.07 Å². The fraction of sp³-hybridized carbons (Fsp3) is 0.364. The van der Waals surface area contributed by atoms with Crippen molar-refractivity contribution in [3.63, 3.8) is 0 Å². The van der Waals surface area contributed by atoms with Crippen molar-refractivity contribution in [2.45, 2.75) is 42.5 Å². The summed E-state index contributed by atoms with van der Waals surface area (Å²) in [5.41, 5.74) is 1.02. The highest BCUT2D eigenvalue weighted by Gasteiger charge is 2.67. The second kappa shape index (κ2) is 7.46. The molecule has 5 atom stereocenters. The zero-order chi connectivity index (χ0) is 24.3. The molecule has 2 heterocycles. The molecule has 2 saturated heterocycles. The predicted molar refractivity (Wildman–Crippen MR) is 100 cm³/mol. The lowest BCUT2D eigenvalue weighted by molar-refractivity contribution is -0.138. The Labute approximate surface area is 183 Å². The van der Waals surface area contributed by atoms with E-state index < -0.39 is 59.0 Å². The molecule has 11 heteroatoms. The van der Waals surface area contributed by atoms with Gasteiger partial charge in [0.25, 0.3) is 0 Å². The third-order valence-electron chi connectivity index (χ3n) is 6.28. The zero-order valence-corrected chi connectivity index (χ0v) is 16.6. The van der Waals surface area contributed by atoms with Gasteiger partial charge in [0.2, 0.25) is 5.91 Å². The molecule has 0 radical (unpaired) electrons. The minimum atomic E-state index is -4.78. The second-order valence-corrected chi connectivity index (χ2v) is 8.14. The van der Waals surface area contributed by atoms with Gasteiger partial charge in [0.05, 0.1) is 40.9 Å². The van der Waals surface area contributed by atoms with Crippen molar-refractivity contribution >= 4 is 5.91 Å². The fourth-order valence-electron chi connectivity index (χ4n) is 5.01. The molecule has 2 bridgehead atoms. The predicted octanol–water partition coefficient (Wildman–Crippen LogP) is 3.84. The minimum absolute atomic E-state index is 0.00951. The lowest BCUT2D eigenvalue weighted by Gasteiger charge is -2.37. The molecule has 5 nitrogen and oxygen atoms in total. The molecule has 2 aromatic carbocycles. The van der Waals surface area contributed by atoms with Crippen molar-refractivity contribution in [2.75, 3.05) is 0 Å². The van der Waals surface area contributed by atoms with Crippen LogP contribution in [0.5, 0.6) is 0 Å². The number of rotatable bonds is 3. The van der Waals surface area contributed by atoms with Gasteiger partial charge < -0.3 is 15.6 Å². The smallest absolute Gasteiger partial charge is 0.390 e. The summed E-state index contributed by atoms with van der Waals surface area (Å²) in [6, 6.07) is 8.08. The number of hydrogen-bond acceptors (Lipinski definition) is 4. The lowest BCUT2D eigenvalue weighted by Crippen LogP contribution is -2.47. The summed E-state index contributed by atoms with van der Waals surface area (Å²) in [4.78, 5) is 12.6. The quantitative estimate of drug-likeness (QED) is 0.667. The van der Waals surface area contributed by atoms with Gasteiger partial charge in [-0.2, -0.15) is 31.6 Å². The van der Waals surface area contributed by atoms with Crippen LogP contribution < -0.4 is 5.73 Å². The first-order valence-corrected chi connectivity index (χ1v) is 9.74. The maximum atomic E-state index is 13.4. The zero-order valence-electron chi connectivity index (χ0n) is 16.6. The maximum Gasteiger partial charge on any atom is 0.416 e. The molecular weight excluding hydrogens is 454 g/mol. The van der Waals surface area contributed by atoms with Crippen LogP contribution in [0, 0.1) is 17.2 Å². The van der Waals surface area contributed by atoms with E-state index in [2.05, 4.69) is 0 Å². The van der Waals surface area contributed by atoms with E-state index in [1.54, 1.807) is 6.07 Å². The number of aliphatic hydroxyl groups is 1. The Morgan fingerprint density at radius 3 is 2.30 bits per heavy atom. The first kappa shape index (κ1) is 23.1. The van der Waals surface area contributed by atoms with Crippen LogP contribution in [0.1, 0.15) is 40.2 Å². The maximum absolute atomic E-state index is 13.4. The molecule has 174 valence electrons. The molecule has 2 fully saturated rings. The Morgan fingerprint density at radius 1 is 1.09 bits per heavy atom. The van der Waals surface area contributed by atoms with Gasteiger partial charge in [-0.3, -0.25) is 4.79 Å². The van der Waals surface area contributed by atoms with E-state index in [9.17, 15) is 41.5 Å². The number of carbonyl (C=O) groups is 1. The highest BCUT2D eigenvalue weighted by molar-refractivity contribution is 5.81. The van der Waals surface area contributed by atoms with Gasteiger partial charge in [-0.15, -0.1) is 0 Å². The number of amides is 1. The van der Waals surface area contributed by atoms with Crippen LogP contribution in [0.25, 0.3) is 0 Å². The van der Waals surface area contributed by atoms with Gasteiger partial charge in [0.1, 0.15) is 5.60 Å². The summed E-state index contributed by atoms with van der Waals surface area (Å²) >= 11 is 0. The number of nitrogens with two attached hydrogens (primary N) is 1. The molecule has 2 aromatic rings. The number of nitriles is 1. The third-order valence-corrected chi connectivity index (χ3v) is 6.28. The van der Waals surface area contributed by atoms with Crippen LogP contribution in [0.15, 0.2) is 42.5 Å². The van der Waals surface area contributed by atoms with Gasteiger partial charge >= 0.3 is 12.4 Å². The van der Waals surface area contributed by atoms with Crippen LogP contribution in [-0.2, 0) is 27.5 Å². The largest absolute Gasteiger partial charge is 0.416 e. The Morgan fingerprint density at radius 2 is 1.73 bits per heavy atom. The van der Waals surface area contributed by atoms with Crippen LogP contribution in [0.4, 0.5) is 26.3 Å². The van der Waals surface area contributed by atoms with Crippen LogP contribution in [0.2, 0.25) is 0 Å². The van der Waals surface area contributed by atoms with Gasteiger partial charge in [-0.1, -0.05) is 18.2 Å². The number of carbonyl (C=O) groups excluding carboxylic acids is 1. The number of hydrogen-bond donors (Lipinski definition) is 2. The molecule has 0 aliphatic carbocycles. The molecule has 33 heavy (non-hydrogen) atoms. The second-order valence-electron chi connectivity index (χ2n) is 8.14. The molecule has 1 amide bonds. The summed E-state index contributed by atoms with van der Waals surface area (Å²) in [5, 5.41) is 20.1. The van der Waals surface area contributed by atoms with Crippen LogP contribution >= 0.6 is 0 Å². The summed E-state index contributed by atoms with van der Waals surface area (Å²) < 4.78 is 85.8. The molecule has 0 spiro atoms. The van der Waals surface area contributed by atoms with E-state index >= 15 is 0 Å². The van der Waals surface area contributed by atoms with E-state index in [0.29, 0.717) is 12.1 Å². The van der Waals surface area contributed by atoms with Crippen LogP contribution in [-0.4, -0.2) is 23.2 Å². The van der Waals surface area contributed by atoms with E-state index in [0.717, 1.165) is 24.3 Å². The molecule has 3 N–H and O–H groups in total. The fourth-order valence-corrected chi connectivity index (χ4v) is 5.01. The third kappa shape index (κ3) is 3.63.